The van der Waals surface area contributed by atoms with E-state index in [1.807, 2.05) is 78.9 Å². The van der Waals surface area contributed by atoms with Crippen LogP contribution in [-0.4, -0.2) is 31.6 Å². The molecule has 0 aliphatic carbocycles. The summed E-state index contributed by atoms with van der Waals surface area (Å²) in [5.74, 6) is -0.216. The van der Waals surface area contributed by atoms with Crippen LogP contribution in [0.25, 0.3) is 11.1 Å². The lowest BCUT2D eigenvalue weighted by Crippen LogP contribution is -2.38. The molecule has 1 amide bonds. The van der Waals surface area contributed by atoms with Crippen LogP contribution in [0.15, 0.2) is 78.9 Å². The van der Waals surface area contributed by atoms with Gasteiger partial charge in [0.1, 0.15) is 5.75 Å². The standard InChI is InChI=1S/C25H23NO4/c27-24(26-16-6-10-21-9-4-5-11-23(21)26)17-30-25(28)18-29-22-14-12-20(13-15-22)19-7-2-1-3-8-19/h1-5,7-9,11-15H,6,10,16-18H2. The number of hydrogen-bond acceptors (Lipinski definition) is 4. The van der Waals surface area contributed by atoms with Crippen molar-refractivity contribution in [1.29, 1.82) is 0 Å². The number of para-hydroxylation sites is 1. The van der Waals surface area contributed by atoms with E-state index in [-0.39, 0.29) is 19.1 Å². The summed E-state index contributed by atoms with van der Waals surface area (Å²) in [5, 5.41) is 0. The highest BCUT2D eigenvalue weighted by molar-refractivity contribution is 5.96. The Balaban J connectivity index is 1.26. The van der Waals surface area contributed by atoms with Crippen molar-refractivity contribution in [1.82, 2.24) is 0 Å². The zero-order chi connectivity index (χ0) is 20.8. The lowest BCUT2D eigenvalue weighted by Gasteiger charge is -2.29. The molecule has 30 heavy (non-hydrogen) atoms. The molecule has 0 spiro atoms. The van der Waals surface area contributed by atoms with Crippen molar-refractivity contribution in [3.05, 3.63) is 84.4 Å². The molecule has 5 heteroatoms. The van der Waals surface area contributed by atoms with Crippen molar-refractivity contribution in [2.24, 2.45) is 0 Å². The number of esters is 1. The third-order valence-electron chi connectivity index (χ3n) is 5.09. The molecule has 0 atom stereocenters. The molecular formula is C25H23NO4. The molecule has 3 aromatic carbocycles. The number of benzene rings is 3. The Hall–Kier alpha value is -3.60. The molecule has 4 rings (SSSR count). The first-order valence-corrected chi connectivity index (χ1v) is 10.0. The third-order valence-corrected chi connectivity index (χ3v) is 5.09. The van der Waals surface area contributed by atoms with Gasteiger partial charge in [-0.05, 0) is 47.7 Å². The number of carbonyl (C=O) groups excluding carboxylic acids is 2. The summed E-state index contributed by atoms with van der Waals surface area (Å²) in [5.41, 5.74) is 4.23. The molecule has 0 aromatic heterocycles. The van der Waals surface area contributed by atoms with Crippen LogP contribution < -0.4 is 9.64 Å². The number of carbonyl (C=O) groups is 2. The van der Waals surface area contributed by atoms with Crippen molar-refractivity contribution in [2.75, 3.05) is 24.7 Å². The molecule has 0 saturated carbocycles. The van der Waals surface area contributed by atoms with E-state index in [0.717, 1.165) is 35.2 Å². The lowest BCUT2D eigenvalue weighted by atomic mass is 10.0. The fourth-order valence-electron chi connectivity index (χ4n) is 3.57. The molecular weight excluding hydrogens is 378 g/mol. The maximum atomic E-state index is 12.5. The van der Waals surface area contributed by atoms with Gasteiger partial charge in [-0.15, -0.1) is 0 Å². The highest BCUT2D eigenvalue weighted by Crippen LogP contribution is 2.26. The third kappa shape index (κ3) is 4.69. The molecule has 0 fully saturated rings. The number of ether oxygens (including phenoxy) is 2. The summed E-state index contributed by atoms with van der Waals surface area (Å²) in [4.78, 5) is 26.2. The van der Waals surface area contributed by atoms with Crippen molar-refractivity contribution in [2.45, 2.75) is 12.8 Å². The highest BCUT2D eigenvalue weighted by atomic mass is 16.6. The molecule has 5 nitrogen and oxygen atoms in total. The maximum Gasteiger partial charge on any atom is 0.344 e. The molecule has 0 radical (unpaired) electrons. The van der Waals surface area contributed by atoms with Crippen LogP contribution in [0.5, 0.6) is 5.75 Å². The minimum atomic E-state index is -0.569. The Morgan fingerprint density at radius 1 is 0.800 bits per heavy atom. The van der Waals surface area contributed by atoms with E-state index in [0.29, 0.717) is 12.3 Å². The van der Waals surface area contributed by atoms with Crippen molar-refractivity contribution in [3.8, 4) is 16.9 Å². The van der Waals surface area contributed by atoms with E-state index < -0.39 is 5.97 Å². The van der Waals surface area contributed by atoms with Gasteiger partial charge in [0, 0.05) is 12.2 Å². The molecule has 1 aliphatic heterocycles. The van der Waals surface area contributed by atoms with E-state index in [9.17, 15) is 9.59 Å². The molecule has 1 aliphatic rings. The van der Waals surface area contributed by atoms with Crippen LogP contribution in [0, 0.1) is 0 Å². The van der Waals surface area contributed by atoms with Gasteiger partial charge in [0.05, 0.1) is 0 Å². The number of fused-ring (bicyclic) bond motifs is 1. The number of anilines is 1. The zero-order valence-electron chi connectivity index (χ0n) is 16.6. The second-order valence-electron chi connectivity index (χ2n) is 7.12. The van der Waals surface area contributed by atoms with Gasteiger partial charge in [-0.25, -0.2) is 4.79 Å². The van der Waals surface area contributed by atoms with Crippen molar-refractivity contribution in [3.63, 3.8) is 0 Å². The van der Waals surface area contributed by atoms with Gasteiger partial charge in [0.25, 0.3) is 5.91 Å². The fraction of sp³-hybridized carbons (Fsp3) is 0.200. The highest BCUT2D eigenvalue weighted by Gasteiger charge is 2.23. The van der Waals surface area contributed by atoms with Gasteiger partial charge < -0.3 is 14.4 Å². The van der Waals surface area contributed by atoms with Crippen LogP contribution in [0.3, 0.4) is 0 Å². The summed E-state index contributed by atoms with van der Waals surface area (Å²) in [6, 6.07) is 25.3. The van der Waals surface area contributed by atoms with E-state index >= 15 is 0 Å². The molecule has 0 unspecified atom stereocenters. The second-order valence-corrected chi connectivity index (χ2v) is 7.12. The van der Waals surface area contributed by atoms with Crippen LogP contribution >= 0.6 is 0 Å². The summed E-state index contributed by atoms with van der Waals surface area (Å²) < 4.78 is 10.6. The fourth-order valence-corrected chi connectivity index (χ4v) is 3.57. The lowest BCUT2D eigenvalue weighted by molar-refractivity contribution is -0.149. The first-order valence-electron chi connectivity index (χ1n) is 10.0. The van der Waals surface area contributed by atoms with Gasteiger partial charge in [0.2, 0.25) is 0 Å². The second kappa shape index (κ2) is 9.27. The Morgan fingerprint density at radius 2 is 1.50 bits per heavy atom. The van der Waals surface area contributed by atoms with Crippen LogP contribution in [0.2, 0.25) is 0 Å². The van der Waals surface area contributed by atoms with Crippen LogP contribution in [-0.2, 0) is 20.7 Å². The minimum absolute atomic E-state index is 0.220. The zero-order valence-corrected chi connectivity index (χ0v) is 16.6. The predicted octanol–water partition coefficient (Wildman–Crippen LogP) is 4.26. The van der Waals surface area contributed by atoms with E-state index in [2.05, 4.69) is 0 Å². The molecule has 152 valence electrons. The first kappa shape index (κ1) is 19.7. The monoisotopic (exact) mass is 401 g/mol. The maximum absolute atomic E-state index is 12.5. The number of hydrogen-bond donors (Lipinski definition) is 0. The van der Waals surface area contributed by atoms with E-state index in [1.54, 1.807) is 4.90 Å². The van der Waals surface area contributed by atoms with E-state index in [1.165, 1.54) is 0 Å². The SMILES string of the molecule is O=C(COc1ccc(-c2ccccc2)cc1)OCC(=O)N1CCCc2ccccc21. The Kier molecular flexibility index (Phi) is 6.09. The Morgan fingerprint density at radius 3 is 2.30 bits per heavy atom. The smallest absolute Gasteiger partial charge is 0.344 e. The first-order chi connectivity index (χ1) is 14.7. The normalized spacial score (nSPS) is 12.7. The summed E-state index contributed by atoms with van der Waals surface area (Å²) >= 11 is 0. The van der Waals surface area contributed by atoms with E-state index in [4.69, 9.17) is 9.47 Å². The van der Waals surface area contributed by atoms with Crippen LogP contribution in [0.4, 0.5) is 5.69 Å². The quantitative estimate of drug-likeness (QED) is 0.580. The summed E-state index contributed by atoms with van der Waals surface area (Å²) in [6.07, 6.45) is 1.86. The van der Waals surface area contributed by atoms with Gasteiger partial charge in [-0.1, -0.05) is 60.7 Å². The average Bonchev–Trinajstić information content (AvgIpc) is 2.81. The predicted molar refractivity (Wildman–Crippen MR) is 115 cm³/mol. The number of rotatable bonds is 6. The molecule has 0 bridgehead atoms. The van der Waals surface area contributed by atoms with Gasteiger partial charge >= 0.3 is 5.97 Å². The molecule has 3 aromatic rings. The Bertz CT molecular complexity index is 1010. The molecule has 0 saturated heterocycles. The van der Waals surface area contributed by atoms with Crippen molar-refractivity contribution < 1.29 is 19.1 Å². The van der Waals surface area contributed by atoms with Gasteiger partial charge in [-0.3, -0.25) is 4.79 Å². The number of nitrogens with zero attached hydrogens (tertiary/aromatic N) is 1. The largest absolute Gasteiger partial charge is 0.482 e. The van der Waals surface area contributed by atoms with Crippen LogP contribution in [0.1, 0.15) is 12.0 Å². The molecule has 0 N–H and O–H groups in total. The van der Waals surface area contributed by atoms with Gasteiger partial charge in [0.15, 0.2) is 13.2 Å². The summed E-state index contributed by atoms with van der Waals surface area (Å²) in [6.45, 7) is 0.107. The number of amides is 1. The number of aryl methyl sites for hydroxylation is 1. The molecule has 1 heterocycles. The minimum Gasteiger partial charge on any atom is -0.482 e. The topological polar surface area (TPSA) is 55.8 Å². The van der Waals surface area contributed by atoms with Gasteiger partial charge in [-0.2, -0.15) is 0 Å². The average molecular weight is 401 g/mol. The Labute approximate surface area is 175 Å². The summed E-state index contributed by atoms with van der Waals surface area (Å²) in [7, 11) is 0. The van der Waals surface area contributed by atoms with Crippen molar-refractivity contribution >= 4 is 17.6 Å².